The summed E-state index contributed by atoms with van der Waals surface area (Å²) in [4.78, 5) is 12.1. The van der Waals surface area contributed by atoms with Crippen molar-refractivity contribution in [2.45, 2.75) is 20.3 Å². The highest BCUT2D eigenvalue weighted by atomic mass is 35.5. The Labute approximate surface area is 128 Å². The predicted octanol–water partition coefficient (Wildman–Crippen LogP) is 3.37. The first-order chi connectivity index (χ1) is 10.1. The fourth-order valence-corrected chi connectivity index (χ4v) is 1.84. The van der Waals surface area contributed by atoms with E-state index in [0.717, 1.165) is 17.7 Å². The lowest BCUT2D eigenvalue weighted by molar-refractivity contribution is 0.292. The zero-order chi connectivity index (χ0) is 15.2. The van der Waals surface area contributed by atoms with Crippen molar-refractivity contribution in [3.05, 3.63) is 29.0 Å². The minimum Gasteiger partial charge on any atom is -0.495 e. The van der Waals surface area contributed by atoms with Gasteiger partial charge in [0, 0.05) is 0 Å². The Hall–Kier alpha value is -2.08. The molecule has 0 saturated carbocycles. The summed E-state index contributed by atoms with van der Waals surface area (Å²) in [6, 6.07) is 5.96. The lowest BCUT2D eigenvalue weighted by Crippen LogP contribution is -2.05. The third-order valence-electron chi connectivity index (χ3n) is 2.62. The first kappa shape index (κ1) is 15.3. The van der Waals surface area contributed by atoms with Gasteiger partial charge in [0.2, 0.25) is 11.2 Å². The first-order valence-electron chi connectivity index (χ1n) is 6.58. The summed E-state index contributed by atoms with van der Waals surface area (Å²) in [5, 5.41) is 3.14. The highest BCUT2D eigenvalue weighted by molar-refractivity contribution is 6.28. The average molecular weight is 309 g/mol. The molecular formula is C14H17ClN4O2. The highest BCUT2D eigenvalue weighted by Gasteiger charge is 2.09. The van der Waals surface area contributed by atoms with Crippen LogP contribution in [-0.2, 0) is 0 Å². The third kappa shape index (κ3) is 4.19. The zero-order valence-electron chi connectivity index (χ0n) is 12.2. The molecule has 0 radical (unpaired) electrons. The minimum absolute atomic E-state index is 0.0743. The van der Waals surface area contributed by atoms with Crippen LogP contribution < -0.4 is 14.8 Å². The summed E-state index contributed by atoms with van der Waals surface area (Å²) in [7, 11) is 1.60. The number of halogens is 1. The molecule has 0 bridgehead atoms. The average Bonchev–Trinajstić information content (AvgIpc) is 2.45. The van der Waals surface area contributed by atoms with E-state index >= 15 is 0 Å². The Morgan fingerprint density at radius 2 is 2.05 bits per heavy atom. The van der Waals surface area contributed by atoms with E-state index in [1.165, 1.54) is 0 Å². The highest BCUT2D eigenvalue weighted by Crippen LogP contribution is 2.28. The largest absolute Gasteiger partial charge is 0.495 e. The second-order valence-corrected chi connectivity index (χ2v) is 4.73. The van der Waals surface area contributed by atoms with Gasteiger partial charge in [0.25, 0.3) is 0 Å². The second-order valence-electron chi connectivity index (χ2n) is 4.39. The Kier molecular flexibility index (Phi) is 5.16. The van der Waals surface area contributed by atoms with Crippen LogP contribution in [0.25, 0.3) is 0 Å². The van der Waals surface area contributed by atoms with E-state index in [2.05, 4.69) is 20.3 Å². The van der Waals surface area contributed by atoms with Crippen molar-refractivity contribution in [1.82, 2.24) is 15.0 Å². The predicted molar refractivity (Wildman–Crippen MR) is 81.6 cm³/mol. The Morgan fingerprint density at radius 3 is 2.76 bits per heavy atom. The number of nitrogens with one attached hydrogen (secondary N) is 1. The summed E-state index contributed by atoms with van der Waals surface area (Å²) in [5.74, 6) is 0.998. The molecule has 1 aromatic carbocycles. The smallest absolute Gasteiger partial charge is 0.322 e. The number of benzene rings is 1. The molecule has 0 saturated heterocycles. The zero-order valence-corrected chi connectivity index (χ0v) is 12.9. The van der Waals surface area contributed by atoms with Crippen molar-refractivity contribution in [2.75, 3.05) is 19.0 Å². The van der Waals surface area contributed by atoms with Crippen LogP contribution in [0.1, 0.15) is 18.9 Å². The summed E-state index contributed by atoms with van der Waals surface area (Å²) >= 11 is 5.89. The van der Waals surface area contributed by atoms with Gasteiger partial charge in [-0.3, -0.25) is 0 Å². The Balaban J connectivity index is 2.26. The molecule has 2 aromatic rings. The van der Waals surface area contributed by atoms with Crippen LogP contribution in [0.5, 0.6) is 11.8 Å². The molecule has 112 valence electrons. The number of methoxy groups -OCH3 is 1. The molecule has 2 rings (SSSR count). The van der Waals surface area contributed by atoms with Crippen LogP contribution in [-0.4, -0.2) is 28.7 Å². The SMILES string of the molecule is CCCOc1nc(Cl)nc(Nc2cc(C)ccc2OC)n1. The molecule has 1 heterocycles. The number of rotatable bonds is 6. The maximum absolute atomic E-state index is 5.89. The normalized spacial score (nSPS) is 10.3. The molecule has 6 nitrogen and oxygen atoms in total. The maximum Gasteiger partial charge on any atom is 0.322 e. The van der Waals surface area contributed by atoms with Gasteiger partial charge in [0.15, 0.2) is 0 Å². The number of hydrogen-bond acceptors (Lipinski definition) is 6. The quantitative estimate of drug-likeness (QED) is 0.882. The molecule has 0 unspecified atom stereocenters. The summed E-state index contributed by atoms with van der Waals surface area (Å²) < 4.78 is 10.7. The molecule has 0 aliphatic heterocycles. The van der Waals surface area contributed by atoms with Gasteiger partial charge in [-0.1, -0.05) is 13.0 Å². The van der Waals surface area contributed by atoms with Gasteiger partial charge in [0.1, 0.15) is 5.75 Å². The van der Waals surface area contributed by atoms with E-state index in [9.17, 15) is 0 Å². The van der Waals surface area contributed by atoms with Gasteiger partial charge in [-0.25, -0.2) is 0 Å². The topological polar surface area (TPSA) is 69.2 Å². The van der Waals surface area contributed by atoms with E-state index in [-0.39, 0.29) is 11.3 Å². The molecule has 1 N–H and O–H groups in total. The molecule has 0 aliphatic carbocycles. The van der Waals surface area contributed by atoms with E-state index in [4.69, 9.17) is 21.1 Å². The second kappa shape index (κ2) is 7.08. The fourth-order valence-electron chi connectivity index (χ4n) is 1.69. The van der Waals surface area contributed by atoms with Gasteiger partial charge >= 0.3 is 6.01 Å². The van der Waals surface area contributed by atoms with Gasteiger partial charge in [-0.05, 0) is 42.6 Å². The lowest BCUT2D eigenvalue weighted by atomic mass is 10.2. The molecule has 0 aliphatic rings. The van der Waals surface area contributed by atoms with Crippen molar-refractivity contribution in [1.29, 1.82) is 0 Å². The van der Waals surface area contributed by atoms with Gasteiger partial charge < -0.3 is 14.8 Å². The van der Waals surface area contributed by atoms with E-state index in [0.29, 0.717) is 18.3 Å². The van der Waals surface area contributed by atoms with Crippen LogP contribution >= 0.6 is 11.6 Å². The van der Waals surface area contributed by atoms with E-state index < -0.39 is 0 Å². The number of ether oxygens (including phenoxy) is 2. The number of aryl methyl sites for hydroxylation is 1. The van der Waals surface area contributed by atoms with Crippen LogP contribution in [0, 0.1) is 6.92 Å². The molecule has 0 amide bonds. The number of nitrogens with zero attached hydrogens (tertiary/aromatic N) is 3. The van der Waals surface area contributed by atoms with E-state index in [1.54, 1.807) is 7.11 Å². The Morgan fingerprint density at radius 1 is 1.24 bits per heavy atom. The van der Waals surface area contributed by atoms with Gasteiger partial charge in [0.05, 0.1) is 19.4 Å². The van der Waals surface area contributed by atoms with Gasteiger partial charge in [-0.2, -0.15) is 15.0 Å². The van der Waals surface area contributed by atoms with E-state index in [1.807, 2.05) is 32.0 Å². The molecule has 1 aromatic heterocycles. The lowest BCUT2D eigenvalue weighted by Gasteiger charge is -2.11. The summed E-state index contributed by atoms with van der Waals surface area (Å²) in [5.41, 5.74) is 1.84. The molecule has 0 atom stereocenters. The van der Waals surface area contributed by atoms with Crippen molar-refractivity contribution in [3.8, 4) is 11.8 Å². The minimum atomic E-state index is 0.0743. The number of anilines is 2. The standard InChI is InChI=1S/C14H17ClN4O2/c1-4-7-21-14-18-12(15)17-13(19-14)16-10-8-9(2)5-6-11(10)20-3/h5-6,8H,4,7H2,1-3H3,(H,16,17,18,19). The third-order valence-corrected chi connectivity index (χ3v) is 2.79. The Bertz CT molecular complexity index is 622. The van der Waals surface area contributed by atoms with Gasteiger partial charge in [-0.15, -0.1) is 0 Å². The maximum atomic E-state index is 5.89. The molecule has 21 heavy (non-hydrogen) atoms. The van der Waals surface area contributed by atoms with Crippen LogP contribution in [0.3, 0.4) is 0 Å². The number of aromatic nitrogens is 3. The first-order valence-corrected chi connectivity index (χ1v) is 6.96. The van der Waals surface area contributed by atoms with Crippen molar-refractivity contribution in [3.63, 3.8) is 0 Å². The van der Waals surface area contributed by atoms with Crippen molar-refractivity contribution >= 4 is 23.2 Å². The summed E-state index contributed by atoms with van der Waals surface area (Å²) in [6.45, 7) is 4.51. The van der Waals surface area contributed by atoms with Crippen molar-refractivity contribution in [2.24, 2.45) is 0 Å². The molecular weight excluding hydrogens is 292 g/mol. The fraction of sp³-hybridized carbons (Fsp3) is 0.357. The number of hydrogen-bond donors (Lipinski definition) is 1. The van der Waals surface area contributed by atoms with Crippen molar-refractivity contribution < 1.29 is 9.47 Å². The molecule has 0 fully saturated rings. The van der Waals surface area contributed by atoms with Crippen LogP contribution in [0.15, 0.2) is 18.2 Å². The molecule has 7 heteroatoms. The molecule has 0 spiro atoms. The summed E-state index contributed by atoms with van der Waals surface area (Å²) in [6.07, 6.45) is 0.859. The van der Waals surface area contributed by atoms with Crippen LogP contribution in [0.2, 0.25) is 5.28 Å². The monoisotopic (exact) mass is 308 g/mol. The van der Waals surface area contributed by atoms with Crippen LogP contribution in [0.4, 0.5) is 11.6 Å².